The van der Waals surface area contributed by atoms with Crippen molar-refractivity contribution in [3.8, 4) is 28.4 Å². The van der Waals surface area contributed by atoms with Crippen LogP contribution in [0.5, 0.6) is 17.2 Å². The normalized spacial score (nSPS) is 12.3. The molecule has 0 aliphatic carbocycles. The number of fused-ring (bicyclic) bond motifs is 3. The fourth-order valence-electron chi connectivity index (χ4n) is 4.65. The predicted octanol–water partition coefficient (Wildman–Crippen LogP) is 6.46. The zero-order valence-electron chi connectivity index (χ0n) is 19.4. The molecule has 0 fully saturated rings. The summed E-state index contributed by atoms with van der Waals surface area (Å²) in [7, 11) is 1.75. The molecule has 1 aliphatic heterocycles. The summed E-state index contributed by atoms with van der Waals surface area (Å²) >= 11 is 0. The molecule has 0 radical (unpaired) electrons. The molecule has 0 spiro atoms. The summed E-state index contributed by atoms with van der Waals surface area (Å²) in [6.45, 7) is 2.55. The molecule has 0 saturated carbocycles. The average Bonchev–Trinajstić information content (AvgIpc) is 3.51. The standard InChI is InChI=1S/C29H23NO5/c1-18-12-24-21(10-11-25(29(24)35-18)32-15-19-6-4-3-5-7-19)22-9-8-20-13-26-27(34-17-33-26)14-23(20)28(22)30(2)16-31/h3-14,16H,15,17H2,1-2H3. The minimum atomic E-state index is 0.191. The molecule has 0 atom stereocenters. The highest BCUT2D eigenvalue weighted by Crippen LogP contribution is 2.45. The maximum atomic E-state index is 11.9. The van der Waals surface area contributed by atoms with Gasteiger partial charge in [-0.15, -0.1) is 0 Å². The van der Waals surface area contributed by atoms with Crippen molar-refractivity contribution in [1.82, 2.24) is 0 Å². The predicted molar refractivity (Wildman–Crippen MR) is 135 cm³/mol. The second kappa shape index (κ2) is 8.40. The summed E-state index contributed by atoms with van der Waals surface area (Å²) in [5.41, 5.74) is 4.41. The quantitative estimate of drug-likeness (QED) is 0.269. The molecule has 1 aliphatic rings. The van der Waals surface area contributed by atoms with Gasteiger partial charge in [-0.05, 0) is 53.8 Å². The average molecular weight is 466 g/mol. The van der Waals surface area contributed by atoms with Gasteiger partial charge in [-0.2, -0.15) is 0 Å². The molecule has 1 amide bonds. The van der Waals surface area contributed by atoms with E-state index in [9.17, 15) is 4.79 Å². The van der Waals surface area contributed by atoms with Gasteiger partial charge in [0.2, 0.25) is 13.2 Å². The highest BCUT2D eigenvalue weighted by Gasteiger charge is 2.22. The Hall–Kier alpha value is -4.45. The van der Waals surface area contributed by atoms with E-state index in [1.165, 1.54) is 0 Å². The molecule has 0 N–H and O–H groups in total. The second-order valence-corrected chi connectivity index (χ2v) is 8.59. The number of furan rings is 1. The van der Waals surface area contributed by atoms with Crippen LogP contribution in [0.25, 0.3) is 32.9 Å². The number of ether oxygens (including phenoxy) is 3. The molecule has 6 nitrogen and oxygen atoms in total. The molecule has 6 heteroatoms. The van der Waals surface area contributed by atoms with E-state index in [-0.39, 0.29) is 6.79 Å². The lowest BCUT2D eigenvalue weighted by molar-refractivity contribution is -0.107. The van der Waals surface area contributed by atoms with Gasteiger partial charge in [-0.1, -0.05) is 42.5 Å². The summed E-state index contributed by atoms with van der Waals surface area (Å²) in [4.78, 5) is 13.5. The number of hydrogen-bond acceptors (Lipinski definition) is 5. The van der Waals surface area contributed by atoms with Crippen LogP contribution in [0.4, 0.5) is 5.69 Å². The summed E-state index contributed by atoms with van der Waals surface area (Å²) in [5.74, 6) is 2.84. The highest BCUT2D eigenvalue weighted by molar-refractivity contribution is 6.10. The first-order valence-corrected chi connectivity index (χ1v) is 11.4. The van der Waals surface area contributed by atoms with Gasteiger partial charge in [0.1, 0.15) is 12.4 Å². The zero-order chi connectivity index (χ0) is 23.9. The first-order chi connectivity index (χ1) is 17.1. The molecule has 4 aromatic carbocycles. The van der Waals surface area contributed by atoms with Crippen molar-refractivity contribution in [2.24, 2.45) is 0 Å². The Morgan fingerprint density at radius 1 is 0.914 bits per heavy atom. The van der Waals surface area contributed by atoms with Crippen molar-refractivity contribution in [3.05, 3.63) is 84.1 Å². The third kappa shape index (κ3) is 3.64. The largest absolute Gasteiger partial charge is 0.485 e. The Morgan fingerprint density at radius 2 is 1.69 bits per heavy atom. The number of carbonyl (C=O) groups excluding carboxylic acids is 1. The Labute approximate surface area is 202 Å². The van der Waals surface area contributed by atoms with Crippen molar-refractivity contribution in [3.63, 3.8) is 0 Å². The van der Waals surface area contributed by atoms with Crippen molar-refractivity contribution < 1.29 is 23.4 Å². The Morgan fingerprint density at radius 3 is 2.49 bits per heavy atom. The van der Waals surface area contributed by atoms with E-state index in [0.29, 0.717) is 29.4 Å². The van der Waals surface area contributed by atoms with E-state index in [1.54, 1.807) is 11.9 Å². The molecule has 2 heterocycles. The molecule has 1 aromatic heterocycles. The van der Waals surface area contributed by atoms with Crippen LogP contribution in [0.3, 0.4) is 0 Å². The molecule has 6 rings (SSSR count). The first kappa shape index (κ1) is 21.1. The summed E-state index contributed by atoms with van der Waals surface area (Å²) < 4.78 is 23.4. The van der Waals surface area contributed by atoms with Gasteiger partial charge in [0.15, 0.2) is 22.8 Å². The minimum absolute atomic E-state index is 0.191. The van der Waals surface area contributed by atoms with Gasteiger partial charge < -0.3 is 23.5 Å². The summed E-state index contributed by atoms with van der Waals surface area (Å²) in [6, 6.07) is 23.9. The zero-order valence-corrected chi connectivity index (χ0v) is 19.4. The number of hydrogen-bond donors (Lipinski definition) is 0. The Bertz CT molecular complexity index is 1570. The number of anilines is 1. The van der Waals surface area contributed by atoms with Crippen molar-refractivity contribution in [1.29, 1.82) is 0 Å². The molecular weight excluding hydrogens is 442 g/mol. The van der Waals surface area contributed by atoms with E-state index < -0.39 is 0 Å². The molecule has 174 valence electrons. The third-order valence-electron chi connectivity index (χ3n) is 6.29. The third-order valence-corrected chi connectivity index (χ3v) is 6.29. The Balaban J connectivity index is 1.51. The van der Waals surface area contributed by atoms with Crippen LogP contribution in [0, 0.1) is 6.92 Å². The second-order valence-electron chi connectivity index (χ2n) is 8.59. The van der Waals surface area contributed by atoms with Crippen LogP contribution in [0.15, 0.2) is 77.2 Å². The van der Waals surface area contributed by atoms with Crippen molar-refractivity contribution >= 4 is 33.8 Å². The lowest BCUT2D eigenvalue weighted by atomic mass is 9.95. The smallest absolute Gasteiger partial charge is 0.231 e. The molecule has 0 saturated heterocycles. The monoisotopic (exact) mass is 465 g/mol. The molecular formula is C29H23NO5. The first-order valence-electron chi connectivity index (χ1n) is 11.4. The number of carbonyl (C=O) groups is 1. The lowest BCUT2D eigenvalue weighted by Crippen LogP contribution is -2.15. The van der Waals surface area contributed by atoms with Crippen LogP contribution in [0.1, 0.15) is 11.3 Å². The van der Waals surface area contributed by atoms with Gasteiger partial charge in [-0.3, -0.25) is 4.79 Å². The van der Waals surface area contributed by atoms with E-state index in [4.69, 9.17) is 18.6 Å². The molecule has 0 bridgehead atoms. The lowest BCUT2D eigenvalue weighted by Gasteiger charge is -2.20. The Kier molecular flexibility index (Phi) is 5.07. The SMILES string of the molecule is Cc1cc2c(-c3ccc4cc5c(cc4c3N(C)C=O)OCO5)ccc(OCc3ccccc3)c2o1. The van der Waals surface area contributed by atoms with Gasteiger partial charge in [-0.25, -0.2) is 0 Å². The van der Waals surface area contributed by atoms with E-state index in [1.807, 2.05) is 79.7 Å². The minimum Gasteiger partial charge on any atom is -0.485 e. The van der Waals surface area contributed by atoms with Gasteiger partial charge >= 0.3 is 0 Å². The van der Waals surface area contributed by atoms with Gasteiger partial charge in [0.05, 0.1) is 5.69 Å². The number of aryl methyl sites for hydroxylation is 1. The fourth-order valence-corrected chi connectivity index (χ4v) is 4.65. The maximum absolute atomic E-state index is 11.9. The van der Waals surface area contributed by atoms with Crippen LogP contribution >= 0.6 is 0 Å². The maximum Gasteiger partial charge on any atom is 0.231 e. The van der Waals surface area contributed by atoms with Crippen LogP contribution in [-0.4, -0.2) is 20.3 Å². The van der Waals surface area contributed by atoms with Crippen LogP contribution < -0.4 is 19.1 Å². The molecule has 5 aromatic rings. The van der Waals surface area contributed by atoms with Crippen molar-refractivity contribution in [2.45, 2.75) is 13.5 Å². The van der Waals surface area contributed by atoms with Gasteiger partial charge in [0.25, 0.3) is 0 Å². The van der Waals surface area contributed by atoms with E-state index >= 15 is 0 Å². The van der Waals surface area contributed by atoms with E-state index in [2.05, 4.69) is 0 Å². The van der Waals surface area contributed by atoms with Crippen molar-refractivity contribution in [2.75, 3.05) is 18.7 Å². The summed E-state index contributed by atoms with van der Waals surface area (Å²) in [5, 5.41) is 2.79. The number of nitrogens with zero attached hydrogens (tertiary/aromatic N) is 1. The highest BCUT2D eigenvalue weighted by atomic mass is 16.7. The van der Waals surface area contributed by atoms with Gasteiger partial charge in [0, 0.05) is 23.4 Å². The molecule has 0 unspecified atom stereocenters. The van der Waals surface area contributed by atoms with E-state index in [0.717, 1.165) is 50.7 Å². The number of benzene rings is 4. The van der Waals surface area contributed by atoms with Crippen LogP contribution in [0.2, 0.25) is 0 Å². The number of rotatable bonds is 6. The molecule has 35 heavy (non-hydrogen) atoms. The van der Waals surface area contributed by atoms with Crippen LogP contribution in [-0.2, 0) is 11.4 Å². The summed E-state index contributed by atoms with van der Waals surface area (Å²) in [6.07, 6.45) is 0.817. The topological polar surface area (TPSA) is 61.1 Å². The number of amides is 1. The fraction of sp³-hybridized carbons (Fsp3) is 0.138.